The quantitative estimate of drug-likeness (QED) is 0.329. The number of fused-ring (bicyclic) bond motifs is 1. The summed E-state index contributed by atoms with van der Waals surface area (Å²) in [4.78, 5) is 19.5. The minimum atomic E-state index is -0.115. The fourth-order valence-corrected chi connectivity index (χ4v) is 5.60. The number of thiophene rings is 1. The number of aliphatic hydroxyl groups excluding tert-OH is 1. The van der Waals surface area contributed by atoms with Crippen molar-refractivity contribution in [1.82, 2.24) is 19.9 Å². The Morgan fingerprint density at radius 3 is 2.61 bits per heavy atom. The monoisotopic (exact) mass is 534 g/mol. The molecule has 0 atom stereocenters. The molecule has 4 heterocycles. The second-order valence-corrected chi connectivity index (χ2v) is 10.9. The highest BCUT2D eigenvalue weighted by molar-refractivity contribution is 7.19. The molecule has 5 rings (SSSR count). The summed E-state index contributed by atoms with van der Waals surface area (Å²) in [6, 6.07) is 10.1. The first-order chi connectivity index (χ1) is 18.4. The highest BCUT2D eigenvalue weighted by atomic mass is 32.1. The van der Waals surface area contributed by atoms with E-state index < -0.39 is 0 Å². The van der Waals surface area contributed by atoms with Gasteiger partial charge < -0.3 is 29.7 Å². The summed E-state index contributed by atoms with van der Waals surface area (Å²) in [6.45, 7) is 9.88. The molecule has 38 heavy (non-hydrogen) atoms. The molecular formula is C28H34N6O3S. The molecular weight excluding hydrogens is 500 g/mol. The number of aliphatic hydroxyl groups is 1. The molecule has 4 aromatic rings. The van der Waals surface area contributed by atoms with E-state index in [4.69, 9.17) is 14.5 Å². The van der Waals surface area contributed by atoms with Crippen LogP contribution in [0, 0.1) is 6.92 Å². The van der Waals surface area contributed by atoms with Crippen molar-refractivity contribution in [3.05, 3.63) is 47.1 Å². The van der Waals surface area contributed by atoms with Crippen molar-refractivity contribution < 1.29 is 14.6 Å². The van der Waals surface area contributed by atoms with Gasteiger partial charge in [-0.1, -0.05) is 0 Å². The first-order valence-corrected chi connectivity index (χ1v) is 13.6. The maximum Gasteiger partial charge on any atom is 0.227 e. The molecule has 0 radical (unpaired) electrons. The number of nitrogens with zero attached hydrogens (tertiary/aromatic N) is 5. The lowest BCUT2D eigenvalue weighted by molar-refractivity contribution is 0.243. The second kappa shape index (κ2) is 11.1. The standard InChI is InChI=1S/C28H34N6O3S/c1-17(2)37-22-14-19(34-12-10-33(4)11-13-34)7-9-21(22)31-28-29-15-23-26(32-28)25(24(16-35)38-23)20-8-6-18(3)30-27(20)36-5/h6-9,14-15,17,35H,10-13,16H2,1-5H3,(H,29,31,32). The molecule has 1 saturated heterocycles. The number of aryl methyl sites for hydroxylation is 1. The zero-order chi connectivity index (χ0) is 26.8. The van der Waals surface area contributed by atoms with Crippen molar-refractivity contribution >= 4 is 38.9 Å². The molecule has 3 aromatic heterocycles. The van der Waals surface area contributed by atoms with Gasteiger partial charge in [-0.15, -0.1) is 11.3 Å². The number of hydrogen-bond donors (Lipinski definition) is 2. The predicted molar refractivity (Wildman–Crippen MR) is 153 cm³/mol. The number of ether oxygens (including phenoxy) is 2. The van der Waals surface area contributed by atoms with E-state index in [9.17, 15) is 5.11 Å². The van der Waals surface area contributed by atoms with Crippen LogP contribution in [0.1, 0.15) is 24.4 Å². The van der Waals surface area contributed by atoms with Crippen LogP contribution in [-0.4, -0.2) is 71.4 Å². The van der Waals surface area contributed by atoms with Gasteiger partial charge in [0.05, 0.1) is 41.9 Å². The molecule has 2 N–H and O–H groups in total. The van der Waals surface area contributed by atoms with Crippen LogP contribution in [-0.2, 0) is 6.61 Å². The zero-order valence-corrected chi connectivity index (χ0v) is 23.3. The molecule has 1 aliphatic rings. The number of benzene rings is 1. The van der Waals surface area contributed by atoms with Crippen molar-refractivity contribution in [3.63, 3.8) is 0 Å². The molecule has 200 valence electrons. The molecule has 0 spiro atoms. The Morgan fingerprint density at radius 1 is 1.11 bits per heavy atom. The van der Waals surface area contributed by atoms with E-state index in [0.717, 1.165) is 75.2 Å². The third-order valence-corrected chi connectivity index (χ3v) is 7.65. The topological polar surface area (TPSA) is 95.9 Å². The number of pyridine rings is 1. The Kier molecular flexibility index (Phi) is 7.64. The van der Waals surface area contributed by atoms with Gasteiger partial charge in [0, 0.05) is 59.6 Å². The van der Waals surface area contributed by atoms with Crippen LogP contribution < -0.4 is 19.7 Å². The lowest BCUT2D eigenvalue weighted by atomic mass is 10.1. The van der Waals surface area contributed by atoms with Crippen LogP contribution in [0.2, 0.25) is 0 Å². The smallest absolute Gasteiger partial charge is 0.227 e. The SMILES string of the molecule is COc1nc(C)ccc1-c1c(CO)sc2cnc(Nc3ccc(N4CCN(C)CC4)cc3OC(C)C)nc12. The number of anilines is 3. The van der Waals surface area contributed by atoms with Crippen LogP contribution in [0.5, 0.6) is 11.6 Å². The van der Waals surface area contributed by atoms with Crippen LogP contribution >= 0.6 is 11.3 Å². The second-order valence-electron chi connectivity index (χ2n) is 9.74. The van der Waals surface area contributed by atoms with Gasteiger partial charge in [-0.25, -0.2) is 15.0 Å². The van der Waals surface area contributed by atoms with Crippen LogP contribution in [0.4, 0.5) is 17.3 Å². The number of hydrogen-bond acceptors (Lipinski definition) is 10. The molecule has 10 heteroatoms. The van der Waals surface area contributed by atoms with Gasteiger partial charge >= 0.3 is 0 Å². The van der Waals surface area contributed by atoms with Gasteiger partial charge in [-0.05, 0) is 52.1 Å². The minimum absolute atomic E-state index is 0.0128. The Balaban J connectivity index is 1.52. The first-order valence-electron chi connectivity index (χ1n) is 12.8. The lowest BCUT2D eigenvalue weighted by Gasteiger charge is -2.34. The third-order valence-electron chi connectivity index (χ3n) is 6.55. The number of likely N-dealkylation sites (N-methyl/N-ethyl adjacent to an activating group) is 1. The summed E-state index contributed by atoms with van der Waals surface area (Å²) in [5.41, 5.74) is 5.13. The number of aromatic nitrogens is 3. The molecule has 0 aliphatic carbocycles. The zero-order valence-electron chi connectivity index (χ0n) is 22.5. The van der Waals surface area contributed by atoms with Crippen molar-refractivity contribution in [2.24, 2.45) is 0 Å². The van der Waals surface area contributed by atoms with Crippen LogP contribution in [0.3, 0.4) is 0 Å². The van der Waals surface area contributed by atoms with E-state index in [0.29, 0.717) is 11.8 Å². The van der Waals surface area contributed by atoms with Gasteiger partial charge in [-0.2, -0.15) is 0 Å². The lowest BCUT2D eigenvalue weighted by Crippen LogP contribution is -2.44. The van der Waals surface area contributed by atoms with Crippen molar-refractivity contribution in [2.75, 3.05) is 50.6 Å². The average Bonchev–Trinajstić information content (AvgIpc) is 3.27. The third kappa shape index (κ3) is 5.38. The summed E-state index contributed by atoms with van der Waals surface area (Å²) in [7, 11) is 3.75. The van der Waals surface area contributed by atoms with E-state index in [2.05, 4.69) is 44.3 Å². The van der Waals surface area contributed by atoms with E-state index >= 15 is 0 Å². The molecule has 0 saturated carbocycles. The number of piperazine rings is 1. The number of nitrogens with one attached hydrogen (secondary N) is 1. The summed E-state index contributed by atoms with van der Waals surface area (Å²) in [5, 5.41) is 13.5. The van der Waals surface area contributed by atoms with Gasteiger partial charge in [0.1, 0.15) is 5.75 Å². The highest BCUT2D eigenvalue weighted by Crippen LogP contribution is 2.42. The average molecular weight is 535 g/mol. The van der Waals surface area contributed by atoms with E-state index in [1.807, 2.05) is 39.0 Å². The Morgan fingerprint density at radius 2 is 1.89 bits per heavy atom. The van der Waals surface area contributed by atoms with Gasteiger partial charge in [-0.3, -0.25) is 0 Å². The largest absolute Gasteiger partial charge is 0.489 e. The summed E-state index contributed by atoms with van der Waals surface area (Å²) >= 11 is 1.47. The Labute approximate surface area is 227 Å². The highest BCUT2D eigenvalue weighted by Gasteiger charge is 2.21. The molecule has 1 aromatic carbocycles. The normalized spacial score (nSPS) is 14.3. The molecule has 1 fully saturated rings. The van der Waals surface area contributed by atoms with Crippen molar-refractivity contribution in [1.29, 1.82) is 0 Å². The molecule has 1 aliphatic heterocycles. The van der Waals surface area contributed by atoms with E-state index in [1.54, 1.807) is 13.3 Å². The fraction of sp³-hybridized carbons (Fsp3) is 0.393. The van der Waals surface area contributed by atoms with Crippen LogP contribution in [0.15, 0.2) is 36.5 Å². The van der Waals surface area contributed by atoms with E-state index in [-0.39, 0.29) is 12.7 Å². The number of rotatable bonds is 8. The molecule has 9 nitrogen and oxygen atoms in total. The molecule has 0 unspecified atom stereocenters. The minimum Gasteiger partial charge on any atom is -0.489 e. The van der Waals surface area contributed by atoms with Crippen molar-refractivity contribution in [2.45, 2.75) is 33.5 Å². The number of methoxy groups -OCH3 is 1. The predicted octanol–water partition coefficient (Wildman–Crippen LogP) is 4.85. The summed E-state index contributed by atoms with van der Waals surface area (Å²) in [6.07, 6.45) is 1.80. The van der Waals surface area contributed by atoms with E-state index in [1.165, 1.54) is 11.3 Å². The molecule has 0 amide bonds. The Bertz CT molecular complexity index is 1430. The Hall–Kier alpha value is -3.47. The van der Waals surface area contributed by atoms with Gasteiger partial charge in [0.2, 0.25) is 11.8 Å². The maximum absolute atomic E-state index is 10.1. The fourth-order valence-electron chi connectivity index (χ4n) is 4.62. The molecule has 0 bridgehead atoms. The van der Waals surface area contributed by atoms with Gasteiger partial charge in [0.15, 0.2) is 0 Å². The summed E-state index contributed by atoms with van der Waals surface area (Å²) < 4.78 is 12.7. The first kappa shape index (κ1) is 26.1. The van der Waals surface area contributed by atoms with Crippen LogP contribution in [0.25, 0.3) is 21.3 Å². The van der Waals surface area contributed by atoms with Crippen molar-refractivity contribution in [3.8, 4) is 22.8 Å². The summed E-state index contributed by atoms with van der Waals surface area (Å²) in [5.74, 6) is 1.70. The maximum atomic E-state index is 10.1. The van der Waals surface area contributed by atoms with Gasteiger partial charge in [0.25, 0.3) is 0 Å².